The lowest BCUT2D eigenvalue weighted by molar-refractivity contribution is 0.0498. The lowest BCUT2D eigenvalue weighted by atomic mass is 10.2. The molecule has 0 aliphatic heterocycles. The number of amides is 1. The van der Waals surface area contributed by atoms with Crippen LogP contribution in [-0.4, -0.2) is 18.5 Å². The van der Waals surface area contributed by atoms with Crippen LogP contribution in [0.15, 0.2) is 53.0 Å². The molecule has 4 nitrogen and oxygen atoms in total. The number of hydrogen-bond acceptors (Lipinski definition) is 3. The Morgan fingerprint density at radius 2 is 1.72 bits per heavy atom. The van der Waals surface area contributed by atoms with Gasteiger partial charge in [-0.15, -0.1) is 0 Å². The predicted molar refractivity (Wildman–Crippen MR) is 103 cm³/mol. The van der Waals surface area contributed by atoms with Gasteiger partial charge in [-0.05, 0) is 58.7 Å². The van der Waals surface area contributed by atoms with Crippen molar-refractivity contribution in [3.63, 3.8) is 0 Å². The number of carbonyl (C=O) groups excluding carboxylic acids is 2. The molecular weight excluding hydrogens is 382 g/mol. The molecule has 0 fully saturated rings. The maximum absolute atomic E-state index is 12.2. The van der Waals surface area contributed by atoms with Gasteiger partial charge in [0.1, 0.15) is 0 Å². The van der Waals surface area contributed by atoms with Crippen LogP contribution in [0.4, 0.5) is 5.69 Å². The number of unbranched alkanes of at least 4 members (excludes halogenated alkanes) is 3. The molecule has 0 saturated carbocycles. The summed E-state index contributed by atoms with van der Waals surface area (Å²) in [5, 5.41) is 2.81. The second-order valence-electron chi connectivity index (χ2n) is 5.71. The molecule has 0 spiro atoms. The number of rotatable bonds is 8. The van der Waals surface area contributed by atoms with Gasteiger partial charge in [-0.25, -0.2) is 4.79 Å². The number of benzene rings is 2. The van der Waals surface area contributed by atoms with Crippen LogP contribution in [0, 0.1) is 0 Å². The van der Waals surface area contributed by atoms with Gasteiger partial charge in [0.25, 0.3) is 5.91 Å². The Morgan fingerprint density at radius 1 is 1.00 bits per heavy atom. The highest BCUT2D eigenvalue weighted by Gasteiger charge is 2.11. The van der Waals surface area contributed by atoms with Crippen molar-refractivity contribution in [2.75, 3.05) is 11.9 Å². The van der Waals surface area contributed by atoms with Gasteiger partial charge in [0.05, 0.1) is 17.7 Å². The Balaban J connectivity index is 1.88. The average molecular weight is 404 g/mol. The van der Waals surface area contributed by atoms with E-state index >= 15 is 0 Å². The summed E-state index contributed by atoms with van der Waals surface area (Å²) in [6.07, 6.45) is 4.27. The smallest absolute Gasteiger partial charge is 0.338 e. The zero-order valence-electron chi connectivity index (χ0n) is 14.3. The van der Waals surface area contributed by atoms with E-state index in [-0.39, 0.29) is 11.9 Å². The van der Waals surface area contributed by atoms with E-state index in [4.69, 9.17) is 4.74 Å². The summed E-state index contributed by atoms with van der Waals surface area (Å²) in [4.78, 5) is 24.2. The van der Waals surface area contributed by atoms with E-state index in [1.165, 1.54) is 0 Å². The van der Waals surface area contributed by atoms with Crippen molar-refractivity contribution in [2.24, 2.45) is 0 Å². The van der Waals surface area contributed by atoms with Gasteiger partial charge >= 0.3 is 5.97 Å². The third kappa shape index (κ3) is 6.02. The van der Waals surface area contributed by atoms with E-state index in [1.54, 1.807) is 36.4 Å². The van der Waals surface area contributed by atoms with E-state index < -0.39 is 0 Å². The van der Waals surface area contributed by atoms with Gasteiger partial charge in [-0.2, -0.15) is 0 Å². The molecule has 0 aliphatic carbocycles. The van der Waals surface area contributed by atoms with Crippen molar-refractivity contribution in [2.45, 2.75) is 32.6 Å². The molecule has 1 amide bonds. The molecule has 0 saturated heterocycles. The molecular formula is C20H22BrNO3. The SMILES string of the molecule is CCCCCCOC(=O)c1ccc(NC(=O)c2ccccc2Br)cc1. The monoisotopic (exact) mass is 403 g/mol. The minimum absolute atomic E-state index is 0.210. The molecule has 5 heteroatoms. The standard InChI is InChI=1S/C20H22BrNO3/c1-2-3-4-7-14-25-20(24)15-10-12-16(13-11-15)22-19(23)17-8-5-6-9-18(17)21/h5-6,8-13H,2-4,7,14H2,1H3,(H,22,23). The molecule has 0 unspecified atom stereocenters. The Kier molecular flexibility index (Phi) is 7.67. The number of hydrogen-bond donors (Lipinski definition) is 1. The van der Waals surface area contributed by atoms with Gasteiger partial charge in [-0.1, -0.05) is 38.3 Å². The van der Waals surface area contributed by atoms with Crippen molar-refractivity contribution >= 4 is 33.5 Å². The second-order valence-corrected chi connectivity index (χ2v) is 6.56. The van der Waals surface area contributed by atoms with E-state index in [0.717, 1.165) is 30.2 Å². The minimum atomic E-state index is -0.333. The minimum Gasteiger partial charge on any atom is -0.462 e. The molecule has 2 aromatic carbocycles. The fourth-order valence-corrected chi connectivity index (χ4v) is 2.78. The Labute approximate surface area is 156 Å². The highest BCUT2D eigenvalue weighted by molar-refractivity contribution is 9.10. The molecule has 132 valence electrons. The first kappa shape index (κ1) is 19.2. The largest absolute Gasteiger partial charge is 0.462 e. The van der Waals surface area contributed by atoms with Crippen molar-refractivity contribution in [3.8, 4) is 0 Å². The molecule has 2 aromatic rings. The van der Waals surface area contributed by atoms with Crippen molar-refractivity contribution in [1.29, 1.82) is 0 Å². The first-order valence-corrected chi connectivity index (χ1v) is 9.24. The Hall–Kier alpha value is -2.14. The zero-order chi connectivity index (χ0) is 18.1. The molecule has 1 N–H and O–H groups in total. The van der Waals surface area contributed by atoms with Crippen molar-refractivity contribution in [1.82, 2.24) is 0 Å². The number of esters is 1. The first-order chi connectivity index (χ1) is 12.1. The normalized spacial score (nSPS) is 10.3. The molecule has 2 rings (SSSR count). The maximum Gasteiger partial charge on any atom is 0.338 e. The lowest BCUT2D eigenvalue weighted by Gasteiger charge is -2.08. The first-order valence-electron chi connectivity index (χ1n) is 8.45. The van der Waals surface area contributed by atoms with Gasteiger partial charge in [-0.3, -0.25) is 4.79 Å². The van der Waals surface area contributed by atoms with Crippen LogP contribution in [0.1, 0.15) is 53.3 Å². The highest BCUT2D eigenvalue weighted by Crippen LogP contribution is 2.18. The van der Waals surface area contributed by atoms with Gasteiger partial charge < -0.3 is 10.1 Å². The van der Waals surface area contributed by atoms with Crippen LogP contribution in [0.5, 0.6) is 0 Å². The highest BCUT2D eigenvalue weighted by atomic mass is 79.9. The van der Waals surface area contributed by atoms with Crippen LogP contribution in [0.3, 0.4) is 0 Å². The quantitative estimate of drug-likeness (QED) is 0.471. The van der Waals surface area contributed by atoms with E-state index in [1.807, 2.05) is 12.1 Å². The van der Waals surface area contributed by atoms with Crippen LogP contribution in [0.25, 0.3) is 0 Å². The third-order valence-corrected chi connectivity index (χ3v) is 4.42. The maximum atomic E-state index is 12.2. The van der Waals surface area contributed by atoms with Crippen LogP contribution < -0.4 is 5.32 Å². The van der Waals surface area contributed by atoms with Crippen LogP contribution in [-0.2, 0) is 4.74 Å². The number of anilines is 1. The van der Waals surface area contributed by atoms with E-state index in [9.17, 15) is 9.59 Å². The summed E-state index contributed by atoms with van der Waals surface area (Å²) < 4.78 is 5.98. The number of halogens is 1. The van der Waals surface area contributed by atoms with Crippen LogP contribution in [0.2, 0.25) is 0 Å². The average Bonchev–Trinajstić information content (AvgIpc) is 2.62. The van der Waals surface area contributed by atoms with Gasteiger partial charge in [0, 0.05) is 10.2 Å². The molecule has 0 atom stereocenters. The molecule has 0 aliphatic rings. The van der Waals surface area contributed by atoms with Crippen LogP contribution >= 0.6 is 15.9 Å². The second kappa shape index (κ2) is 9.99. The fraction of sp³-hybridized carbons (Fsp3) is 0.300. The Morgan fingerprint density at radius 3 is 2.40 bits per heavy atom. The van der Waals surface area contributed by atoms with Gasteiger partial charge in [0.2, 0.25) is 0 Å². The molecule has 0 heterocycles. The van der Waals surface area contributed by atoms with Crippen molar-refractivity contribution < 1.29 is 14.3 Å². The summed E-state index contributed by atoms with van der Waals surface area (Å²) >= 11 is 3.36. The number of carbonyl (C=O) groups is 2. The van der Waals surface area contributed by atoms with E-state index in [2.05, 4.69) is 28.2 Å². The van der Waals surface area contributed by atoms with Gasteiger partial charge in [0.15, 0.2) is 0 Å². The third-order valence-electron chi connectivity index (χ3n) is 3.73. The summed E-state index contributed by atoms with van der Waals surface area (Å²) in [5.41, 5.74) is 1.66. The predicted octanol–water partition coefficient (Wildman–Crippen LogP) is 5.44. The zero-order valence-corrected chi connectivity index (χ0v) is 15.8. The number of ether oxygens (including phenoxy) is 1. The molecule has 0 radical (unpaired) electrons. The fourth-order valence-electron chi connectivity index (χ4n) is 2.31. The molecule has 0 aromatic heterocycles. The summed E-state index contributed by atoms with van der Waals surface area (Å²) in [5.74, 6) is -0.543. The van der Waals surface area contributed by atoms with E-state index in [0.29, 0.717) is 23.4 Å². The summed E-state index contributed by atoms with van der Waals surface area (Å²) in [6.45, 7) is 2.59. The molecule has 25 heavy (non-hydrogen) atoms. The summed E-state index contributed by atoms with van der Waals surface area (Å²) in [7, 11) is 0. The Bertz CT molecular complexity index is 713. The molecule has 0 bridgehead atoms. The van der Waals surface area contributed by atoms with Crippen molar-refractivity contribution in [3.05, 3.63) is 64.1 Å². The number of nitrogens with one attached hydrogen (secondary N) is 1. The topological polar surface area (TPSA) is 55.4 Å². The lowest BCUT2D eigenvalue weighted by Crippen LogP contribution is -2.13. The summed E-state index contributed by atoms with van der Waals surface area (Å²) in [6, 6.07) is 13.9.